The molecular formula is C12H13N4O2V-. The number of hydrogen-bond acceptors (Lipinski definition) is 4. The molecule has 2 heterocycles. The molecule has 2 aliphatic rings. The Bertz CT molecular complexity index is 508. The molecule has 6 nitrogen and oxygen atoms in total. The number of allylic oxidation sites excluding steroid dienone is 2. The molecule has 0 fully saturated rings. The first kappa shape index (κ1) is 13.8. The fourth-order valence-electron chi connectivity index (χ4n) is 1.78. The van der Waals surface area contributed by atoms with Crippen LogP contribution in [0.2, 0.25) is 0 Å². The van der Waals surface area contributed by atoms with Crippen molar-refractivity contribution in [1.29, 1.82) is 0 Å². The summed E-state index contributed by atoms with van der Waals surface area (Å²) in [6.07, 6.45) is 4.41. The van der Waals surface area contributed by atoms with Gasteiger partial charge in [0, 0.05) is 0 Å². The zero-order valence-corrected chi connectivity index (χ0v) is 11.6. The fourth-order valence-corrected chi connectivity index (χ4v) is 2.02. The number of carbonyl (C=O) groups excluding carboxylic acids is 2. The number of aliphatic imine (C=N–C) groups is 1. The van der Waals surface area contributed by atoms with Crippen molar-refractivity contribution in [3.63, 3.8) is 0 Å². The van der Waals surface area contributed by atoms with Crippen LogP contribution in [-0.2, 0) is 26.6 Å². The van der Waals surface area contributed by atoms with Crippen LogP contribution in [0, 0.1) is 6.08 Å². The summed E-state index contributed by atoms with van der Waals surface area (Å²) >= 11 is 2.29. The third-order valence-electron chi connectivity index (χ3n) is 2.60. The van der Waals surface area contributed by atoms with Gasteiger partial charge in [-0.25, -0.2) is 0 Å². The van der Waals surface area contributed by atoms with Gasteiger partial charge in [-0.05, 0) is 0 Å². The number of nitrogens with zero attached hydrogens (tertiary/aromatic N) is 1. The van der Waals surface area contributed by atoms with Crippen molar-refractivity contribution in [1.82, 2.24) is 16.0 Å². The molecule has 0 atom stereocenters. The number of amides is 2. The molecule has 2 rings (SSSR count). The van der Waals surface area contributed by atoms with E-state index in [1.807, 2.05) is 0 Å². The Morgan fingerprint density at radius 1 is 1.21 bits per heavy atom. The second-order valence-corrected chi connectivity index (χ2v) is 4.36. The first-order valence-corrected chi connectivity index (χ1v) is 6.70. The van der Waals surface area contributed by atoms with E-state index in [0.717, 1.165) is 0 Å². The Balaban J connectivity index is 2.37. The summed E-state index contributed by atoms with van der Waals surface area (Å²) in [6.45, 7) is 2.18. The standard InChI is InChI=1S/C12H13N4O2.V/c1-2-8(11-12(18)16-6-5-15-11)9-7-10(17)14-4-3-13-9;/h1-2,13H,3-6H2,(H,14,17)(H,16,18);/q-1;/b8-2+;. The van der Waals surface area contributed by atoms with Gasteiger partial charge in [0.05, 0.1) is 0 Å². The van der Waals surface area contributed by atoms with Gasteiger partial charge in [-0.15, -0.1) is 0 Å². The van der Waals surface area contributed by atoms with Crippen molar-refractivity contribution in [2.45, 2.75) is 0 Å². The van der Waals surface area contributed by atoms with Gasteiger partial charge >= 0.3 is 119 Å². The molecule has 99 valence electrons. The molecule has 0 spiro atoms. The van der Waals surface area contributed by atoms with Crippen molar-refractivity contribution >= 4 is 22.3 Å². The molecule has 0 aromatic carbocycles. The molecule has 0 aliphatic carbocycles. The second-order valence-electron chi connectivity index (χ2n) is 3.90. The molecular weight excluding hydrogens is 283 g/mol. The molecule has 0 bridgehead atoms. The predicted molar refractivity (Wildman–Crippen MR) is 67.2 cm³/mol. The summed E-state index contributed by atoms with van der Waals surface area (Å²) in [5.74, 6) is -0.527. The maximum absolute atomic E-state index is 11.8. The average molecular weight is 296 g/mol. The van der Waals surface area contributed by atoms with Gasteiger partial charge in [0.25, 0.3) is 0 Å². The molecule has 3 N–H and O–H groups in total. The van der Waals surface area contributed by atoms with Crippen LogP contribution in [0.15, 0.2) is 22.3 Å². The van der Waals surface area contributed by atoms with Crippen LogP contribution in [0.25, 0.3) is 0 Å². The van der Waals surface area contributed by atoms with E-state index in [4.69, 9.17) is 0 Å². The van der Waals surface area contributed by atoms with E-state index in [-0.39, 0.29) is 11.8 Å². The predicted octanol–water partition coefficient (Wildman–Crippen LogP) is -1.76. The Morgan fingerprint density at radius 3 is 2.74 bits per heavy atom. The summed E-state index contributed by atoms with van der Waals surface area (Å²) in [6, 6.07) is 0. The molecule has 0 radical (unpaired) electrons. The van der Waals surface area contributed by atoms with Gasteiger partial charge in [0.2, 0.25) is 0 Å². The fraction of sp³-hybridized carbons (Fsp3) is 0.333. The van der Waals surface area contributed by atoms with E-state index < -0.39 is 0 Å². The molecule has 0 aromatic heterocycles. The van der Waals surface area contributed by atoms with Crippen LogP contribution in [0.3, 0.4) is 0 Å². The number of rotatable bonds is 3. The first-order chi connectivity index (χ1) is 9.22. The second kappa shape index (κ2) is 6.49. The quantitative estimate of drug-likeness (QED) is 0.540. The van der Waals surface area contributed by atoms with E-state index in [9.17, 15) is 9.59 Å². The minimum atomic E-state index is -0.298. The Labute approximate surface area is 119 Å². The molecule has 0 saturated carbocycles. The third-order valence-corrected chi connectivity index (χ3v) is 2.83. The van der Waals surface area contributed by atoms with E-state index >= 15 is 0 Å². The summed E-state index contributed by atoms with van der Waals surface area (Å²) in [5.41, 5.74) is 1.40. The Hall–Kier alpha value is -1.66. The number of carbonyl (C=O) groups is 2. The van der Waals surface area contributed by atoms with Gasteiger partial charge in [0.15, 0.2) is 0 Å². The topological polar surface area (TPSA) is 82.6 Å². The average Bonchev–Trinajstić information content (AvgIpc) is 2.62. The van der Waals surface area contributed by atoms with Crippen molar-refractivity contribution in [3.8, 4) is 0 Å². The van der Waals surface area contributed by atoms with Crippen molar-refractivity contribution in [3.05, 3.63) is 23.4 Å². The maximum atomic E-state index is 11.8. The third kappa shape index (κ3) is 3.42. The van der Waals surface area contributed by atoms with Crippen LogP contribution in [0.1, 0.15) is 0 Å². The van der Waals surface area contributed by atoms with Crippen LogP contribution in [0.5, 0.6) is 0 Å². The van der Waals surface area contributed by atoms with Gasteiger partial charge in [-0.1, -0.05) is 0 Å². The number of hydrogen-bond donors (Lipinski definition) is 3. The molecule has 19 heavy (non-hydrogen) atoms. The molecule has 2 amide bonds. The van der Waals surface area contributed by atoms with Crippen molar-refractivity contribution in [2.75, 3.05) is 26.2 Å². The summed E-state index contributed by atoms with van der Waals surface area (Å²) in [5, 5.41) is 8.49. The van der Waals surface area contributed by atoms with E-state index in [1.54, 1.807) is 10.8 Å². The van der Waals surface area contributed by atoms with Crippen LogP contribution in [0.4, 0.5) is 0 Å². The molecule has 0 aromatic rings. The van der Waals surface area contributed by atoms with E-state index in [1.165, 1.54) is 0 Å². The summed E-state index contributed by atoms with van der Waals surface area (Å²) in [4.78, 5) is 27.6. The van der Waals surface area contributed by atoms with Gasteiger partial charge in [-0.2, -0.15) is 0 Å². The zero-order chi connectivity index (χ0) is 13.7. The Kier molecular flexibility index (Phi) is 4.71. The molecule has 0 saturated heterocycles. The van der Waals surface area contributed by atoms with Crippen molar-refractivity contribution in [2.24, 2.45) is 4.99 Å². The van der Waals surface area contributed by atoms with E-state index in [0.29, 0.717) is 43.2 Å². The Morgan fingerprint density at radius 2 is 2.00 bits per heavy atom. The van der Waals surface area contributed by atoms with Crippen molar-refractivity contribution < 1.29 is 26.6 Å². The summed E-state index contributed by atoms with van der Waals surface area (Å²) in [7, 11) is 0. The minimum absolute atomic E-state index is 0.229. The van der Waals surface area contributed by atoms with Gasteiger partial charge in [-0.3, -0.25) is 0 Å². The van der Waals surface area contributed by atoms with Crippen LogP contribution < -0.4 is 16.0 Å². The number of nitrogens with one attached hydrogen (secondary N) is 3. The van der Waals surface area contributed by atoms with Crippen LogP contribution >= 0.6 is 0 Å². The SMILES string of the molecule is O=C1[C-]=C(/C(=C\[CH]=[V])C2=NCCNC2=O)NCCN1. The first-order valence-electron chi connectivity index (χ1n) is 5.89. The van der Waals surface area contributed by atoms with Crippen LogP contribution in [-0.4, -0.2) is 48.4 Å². The van der Waals surface area contributed by atoms with E-state index in [2.05, 4.69) is 44.0 Å². The normalized spacial score (nSPS) is 20.3. The zero-order valence-electron chi connectivity index (χ0n) is 10.2. The summed E-state index contributed by atoms with van der Waals surface area (Å²) < 4.78 is 1.74. The van der Waals surface area contributed by atoms with Gasteiger partial charge in [0.1, 0.15) is 0 Å². The molecule has 0 unspecified atom stereocenters. The van der Waals surface area contributed by atoms with Gasteiger partial charge < -0.3 is 0 Å². The molecule has 2 aliphatic heterocycles. The monoisotopic (exact) mass is 296 g/mol. The molecule has 7 heteroatoms.